The Morgan fingerprint density at radius 2 is 1.66 bits per heavy atom. The molecular weight excluding hydrogens is 400 g/mol. The standard InChI is InChI=1S/C26H30N4O2/c31-24(27-19-26(11-6-12-26)21-8-2-1-3-9-21)18-29-13-15-30(16-14-29)25(32)23-17-20-7-4-5-10-22(20)28-23/h1-5,7-10,17,28H,6,11-16,18-19H2,(H,27,31). The molecule has 2 aliphatic rings. The fourth-order valence-electron chi connectivity index (χ4n) is 4.96. The predicted octanol–water partition coefficient (Wildman–Crippen LogP) is 3.16. The fourth-order valence-corrected chi connectivity index (χ4v) is 4.96. The van der Waals surface area contributed by atoms with E-state index in [4.69, 9.17) is 0 Å². The second kappa shape index (κ2) is 8.79. The van der Waals surface area contributed by atoms with Gasteiger partial charge in [-0.15, -0.1) is 0 Å². The summed E-state index contributed by atoms with van der Waals surface area (Å²) < 4.78 is 0. The van der Waals surface area contributed by atoms with Crippen LogP contribution in [0.25, 0.3) is 10.9 Å². The number of fused-ring (bicyclic) bond motifs is 1. The third kappa shape index (κ3) is 4.15. The monoisotopic (exact) mass is 430 g/mol. The minimum Gasteiger partial charge on any atom is -0.354 e. The summed E-state index contributed by atoms with van der Waals surface area (Å²) >= 11 is 0. The lowest BCUT2D eigenvalue weighted by molar-refractivity contribution is -0.123. The molecule has 2 N–H and O–H groups in total. The van der Waals surface area contributed by atoms with Gasteiger partial charge in [0.05, 0.1) is 6.54 Å². The van der Waals surface area contributed by atoms with Gasteiger partial charge in [0.15, 0.2) is 0 Å². The molecule has 1 aromatic heterocycles. The van der Waals surface area contributed by atoms with Crippen molar-refractivity contribution < 1.29 is 9.59 Å². The molecule has 2 amide bonds. The molecule has 2 heterocycles. The molecule has 0 bridgehead atoms. The molecule has 3 aromatic rings. The van der Waals surface area contributed by atoms with Gasteiger partial charge in [-0.3, -0.25) is 14.5 Å². The maximum atomic E-state index is 12.9. The van der Waals surface area contributed by atoms with Crippen LogP contribution in [0, 0.1) is 0 Å². The van der Waals surface area contributed by atoms with Crippen molar-refractivity contribution in [2.75, 3.05) is 39.3 Å². The number of benzene rings is 2. The highest BCUT2D eigenvalue weighted by Gasteiger charge is 2.38. The van der Waals surface area contributed by atoms with Gasteiger partial charge < -0.3 is 15.2 Å². The van der Waals surface area contributed by atoms with Gasteiger partial charge in [0.25, 0.3) is 5.91 Å². The Labute approximate surface area is 188 Å². The first kappa shape index (κ1) is 20.8. The van der Waals surface area contributed by atoms with E-state index in [1.165, 1.54) is 12.0 Å². The van der Waals surface area contributed by atoms with Crippen molar-refractivity contribution in [2.45, 2.75) is 24.7 Å². The van der Waals surface area contributed by atoms with Crippen LogP contribution in [0.2, 0.25) is 0 Å². The van der Waals surface area contributed by atoms with Crippen LogP contribution < -0.4 is 5.32 Å². The number of rotatable bonds is 6. The van der Waals surface area contributed by atoms with Crippen molar-refractivity contribution in [2.24, 2.45) is 0 Å². The highest BCUT2D eigenvalue weighted by molar-refractivity contribution is 5.98. The summed E-state index contributed by atoms with van der Waals surface area (Å²) in [4.78, 5) is 32.7. The molecule has 6 nitrogen and oxygen atoms in total. The first-order valence-corrected chi connectivity index (χ1v) is 11.5. The van der Waals surface area contributed by atoms with Crippen LogP contribution in [0.1, 0.15) is 35.3 Å². The Morgan fingerprint density at radius 3 is 2.34 bits per heavy atom. The summed E-state index contributed by atoms with van der Waals surface area (Å²) in [6.45, 7) is 3.78. The first-order valence-electron chi connectivity index (χ1n) is 11.5. The number of nitrogens with zero attached hydrogens (tertiary/aromatic N) is 2. The predicted molar refractivity (Wildman–Crippen MR) is 126 cm³/mol. The second-order valence-corrected chi connectivity index (χ2v) is 9.12. The van der Waals surface area contributed by atoms with E-state index in [0.29, 0.717) is 45.0 Å². The van der Waals surface area contributed by atoms with E-state index in [2.05, 4.69) is 39.5 Å². The largest absolute Gasteiger partial charge is 0.354 e. The smallest absolute Gasteiger partial charge is 0.270 e. The number of amides is 2. The van der Waals surface area contributed by atoms with E-state index in [9.17, 15) is 9.59 Å². The minimum atomic E-state index is 0.0279. The van der Waals surface area contributed by atoms with E-state index in [-0.39, 0.29) is 17.2 Å². The van der Waals surface area contributed by atoms with Crippen molar-refractivity contribution in [3.05, 3.63) is 71.9 Å². The first-order chi connectivity index (χ1) is 15.6. The van der Waals surface area contributed by atoms with Crippen LogP contribution in [0.3, 0.4) is 0 Å². The zero-order chi connectivity index (χ0) is 22.0. The average molecular weight is 431 g/mol. The average Bonchev–Trinajstić information content (AvgIpc) is 3.23. The molecule has 32 heavy (non-hydrogen) atoms. The van der Waals surface area contributed by atoms with Crippen molar-refractivity contribution in [1.82, 2.24) is 20.1 Å². The third-order valence-corrected chi connectivity index (χ3v) is 7.11. The van der Waals surface area contributed by atoms with Crippen LogP contribution in [0.15, 0.2) is 60.7 Å². The molecule has 0 radical (unpaired) electrons. The SMILES string of the molecule is O=C(CN1CCN(C(=O)c2cc3ccccc3[nH]2)CC1)NCC1(c2ccccc2)CCC1. The molecule has 1 saturated carbocycles. The number of H-pyrrole nitrogens is 1. The summed E-state index contributed by atoms with van der Waals surface area (Å²) in [5, 5.41) is 4.23. The van der Waals surface area contributed by atoms with Crippen molar-refractivity contribution >= 4 is 22.7 Å². The molecule has 5 rings (SSSR count). The highest BCUT2D eigenvalue weighted by Crippen LogP contribution is 2.43. The molecule has 2 aromatic carbocycles. The second-order valence-electron chi connectivity index (χ2n) is 9.12. The van der Waals surface area contributed by atoms with E-state index in [1.807, 2.05) is 41.3 Å². The number of hydrogen-bond acceptors (Lipinski definition) is 3. The Bertz CT molecular complexity index is 1060. The quantitative estimate of drug-likeness (QED) is 0.631. The molecule has 0 atom stereocenters. The van der Waals surface area contributed by atoms with Crippen LogP contribution >= 0.6 is 0 Å². The lowest BCUT2D eigenvalue weighted by Crippen LogP contribution is -2.52. The van der Waals surface area contributed by atoms with Crippen molar-refractivity contribution in [3.63, 3.8) is 0 Å². The maximum absolute atomic E-state index is 12.9. The topological polar surface area (TPSA) is 68.4 Å². The van der Waals surface area contributed by atoms with Gasteiger partial charge in [0.2, 0.25) is 5.91 Å². The van der Waals surface area contributed by atoms with Gasteiger partial charge in [-0.2, -0.15) is 0 Å². The van der Waals surface area contributed by atoms with Gasteiger partial charge in [-0.25, -0.2) is 0 Å². The molecule has 6 heteroatoms. The number of para-hydroxylation sites is 1. The molecule has 0 spiro atoms. The normalized spacial score (nSPS) is 18.3. The Morgan fingerprint density at radius 1 is 0.938 bits per heavy atom. The molecule has 166 valence electrons. The fraction of sp³-hybridized carbons (Fsp3) is 0.385. The van der Waals surface area contributed by atoms with Gasteiger partial charge in [0, 0.05) is 49.0 Å². The van der Waals surface area contributed by atoms with Crippen LogP contribution in [-0.4, -0.2) is 65.9 Å². The number of nitrogens with one attached hydrogen (secondary N) is 2. The Hall–Kier alpha value is -3.12. The summed E-state index contributed by atoms with van der Waals surface area (Å²) in [5.41, 5.74) is 3.03. The van der Waals surface area contributed by atoms with Crippen LogP contribution in [0.4, 0.5) is 0 Å². The molecule has 1 aliphatic heterocycles. The summed E-state index contributed by atoms with van der Waals surface area (Å²) in [6.07, 6.45) is 3.48. The number of aromatic amines is 1. The van der Waals surface area contributed by atoms with Gasteiger partial charge in [0.1, 0.15) is 5.69 Å². The van der Waals surface area contributed by atoms with Crippen LogP contribution in [0.5, 0.6) is 0 Å². The van der Waals surface area contributed by atoms with E-state index in [0.717, 1.165) is 23.7 Å². The minimum absolute atomic E-state index is 0.0279. The zero-order valence-corrected chi connectivity index (χ0v) is 18.3. The molecule has 2 fully saturated rings. The molecular formula is C26H30N4O2. The lowest BCUT2D eigenvalue weighted by atomic mass is 9.64. The van der Waals surface area contributed by atoms with Gasteiger partial charge in [-0.1, -0.05) is 55.0 Å². The zero-order valence-electron chi connectivity index (χ0n) is 18.3. The lowest BCUT2D eigenvalue weighted by Gasteiger charge is -2.43. The summed E-state index contributed by atoms with van der Waals surface area (Å²) in [5.74, 6) is 0.0997. The van der Waals surface area contributed by atoms with Crippen molar-refractivity contribution in [1.29, 1.82) is 0 Å². The van der Waals surface area contributed by atoms with E-state index in [1.54, 1.807) is 0 Å². The molecule has 1 saturated heterocycles. The molecule has 1 aliphatic carbocycles. The Kier molecular flexibility index (Phi) is 5.70. The van der Waals surface area contributed by atoms with Gasteiger partial charge >= 0.3 is 0 Å². The summed E-state index contributed by atoms with van der Waals surface area (Å²) in [7, 11) is 0. The highest BCUT2D eigenvalue weighted by atomic mass is 16.2. The third-order valence-electron chi connectivity index (χ3n) is 7.11. The Balaban J connectivity index is 1.11. The number of carbonyl (C=O) groups excluding carboxylic acids is 2. The van der Waals surface area contributed by atoms with E-state index < -0.39 is 0 Å². The maximum Gasteiger partial charge on any atom is 0.270 e. The van der Waals surface area contributed by atoms with Crippen LogP contribution in [-0.2, 0) is 10.2 Å². The number of piperazine rings is 1. The molecule has 0 unspecified atom stereocenters. The van der Waals surface area contributed by atoms with Gasteiger partial charge in [-0.05, 0) is 30.5 Å². The van der Waals surface area contributed by atoms with E-state index >= 15 is 0 Å². The summed E-state index contributed by atoms with van der Waals surface area (Å²) in [6, 6.07) is 20.4. The van der Waals surface area contributed by atoms with Crippen molar-refractivity contribution in [3.8, 4) is 0 Å². The number of carbonyl (C=O) groups is 2. The number of hydrogen-bond donors (Lipinski definition) is 2. The number of aromatic nitrogens is 1.